The zero-order valence-corrected chi connectivity index (χ0v) is 10.2. The van der Waals surface area contributed by atoms with Crippen LogP contribution in [0.2, 0.25) is 0 Å². The van der Waals surface area contributed by atoms with E-state index in [0.717, 1.165) is 5.56 Å². The summed E-state index contributed by atoms with van der Waals surface area (Å²) in [5.74, 6) is -0.517. The van der Waals surface area contributed by atoms with Gasteiger partial charge in [0.15, 0.2) is 0 Å². The number of aliphatic carboxylic acids is 1. The molecule has 0 spiro atoms. The van der Waals surface area contributed by atoms with Gasteiger partial charge in [-0.2, -0.15) is 0 Å². The van der Waals surface area contributed by atoms with E-state index in [2.05, 4.69) is 0 Å². The SMILES string of the molecule is COc1cc(C(CN)C(=O)O)cc(OC)c1C. The summed E-state index contributed by atoms with van der Waals surface area (Å²) in [7, 11) is 3.06. The third-order valence-corrected chi connectivity index (χ3v) is 2.71. The molecular formula is C12H17NO4. The number of ether oxygens (including phenoxy) is 2. The molecule has 94 valence electrons. The second kappa shape index (κ2) is 5.54. The average Bonchev–Trinajstić information content (AvgIpc) is 2.31. The molecule has 5 heteroatoms. The molecule has 1 aromatic rings. The first-order chi connectivity index (χ1) is 8.04. The van der Waals surface area contributed by atoms with Crippen LogP contribution in [0.4, 0.5) is 0 Å². The van der Waals surface area contributed by atoms with E-state index in [1.54, 1.807) is 12.1 Å². The van der Waals surface area contributed by atoms with Gasteiger partial charge >= 0.3 is 5.97 Å². The molecule has 1 atom stereocenters. The number of carboxylic acid groups (broad SMARTS) is 1. The fourth-order valence-electron chi connectivity index (χ4n) is 1.69. The van der Waals surface area contributed by atoms with Gasteiger partial charge < -0.3 is 20.3 Å². The normalized spacial score (nSPS) is 12.0. The van der Waals surface area contributed by atoms with Gasteiger partial charge in [-0.05, 0) is 24.6 Å². The molecule has 0 saturated carbocycles. The maximum atomic E-state index is 11.1. The molecule has 1 aromatic carbocycles. The summed E-state index contributed by atoms with van der Waals surface area (Å²) in [4.78, 5) is 11.1. The van der Waals surface area contributed by atoms with E-state index in [4.69, 9.17) is 20.3 Å². The Morgan fingerprint density at radius 3 is 2.12 bits per heavy atom. The molecule has 0 aliphatic heterocycles. The van der Waals surface area contributed by atoms with Crippen LogP contribution >= 0.6 is 0 Å². The van der Waals surface area contributed by atoms with Crippen molar-refractivity contribution in [3.8, 4) is 11.5 Å². The molecule has 0 aromatic heterocycles. The van der Waals surface area contributed by atoms with E-state index in [0.29, 0.717) is 17.1 Å². The highest BCUT2D eigenvalue weighted by atomic mass is 16.5. The van der Waals surface area contributed by atoms with Crippen LogP contribution in [0.25, 0.3) is 0 Å². The zero-order chi connectivity index (χ0) is 13.0. The maximum Gasteiger partial charge on any atom is 0.312 e. The molecule has 5 nitrogen and oxygen atoms in total. The standard InChI is InChI=1S/C12H17NO4/c1-7-10(16-2)4-8(5-11(7)17-3)9(6-13)12(14)15/h4-5,9H,6,13H2,1-3H3,(H,14,15). The quantitative estimate of drug-likeness (QED) is 0.805. The summed E-state index contributed by atoms with van der Waals surface area (Å²) in [6.45, 7) is 1.88. The Kier molecular flexibility index (Phi) is 4.34. The van der Waals surface area contributed by atoms with Gasteiger partial charge in [-0.3, -0.25) is 4.79 Å². The Morgan fingerprint density at radius 2 is 1.82 bits per heavy atom. The van der Waals surface area contributed by atoms with Crippen LogP contribution in [0.15, 0.2) is 12.1 Å². The Labute approximate surface area is 100 Å². The van der Waals surface area contributed by atoms with Gasteiger partial charge in [0.2, 0.25) is 0 Å². The molecule has 0 amide bonds. The van der Waals surface area contributed by atoms with Crippen LogP contribution in [-0.4, -0.2) is 31.8 Å². The summed E-state index contributed by atoms with van der Waals surface area (Å²) in [6, 6.07) is 3.37. The molecule has 0 radical (unpaired) electrons. The smallest absolute Gasteiger partial charge is 0.312 e. The lowest BCUT2D eigenvalue weighted by Crippen LogP contribution is -2.21. The first kappa shape index (κ1) is 13.3. The van der Waals surface area contributed by atoms with Crippen molar-refractivity contribution >= 4 is 5.97 Å². The van der Waals surface area contributed by atoms with E-state index >= 15 is 0 Å². The number of carboxylic acids is 1. The van der Waals surface area contributed by atoms with Gasteiger partial charge in [-0.15, -0.1) is 0 Å². The molecule has 17 heavy (non-hydrogen) atoms. The first-order valence-electron chi connectivity index (χ1n) is 5.20. The molecule has 0 heterocycles. The van der Waals surface area contributed by atoms with E-state index in [1.165, 1.54) is 14.2 Å². The van der Waals surface area contributed by atoms with Crippen molar-refractivity contribution in [2.24, 2.45) is 5.73 Å². The molecular weight excluding hydrogens is 222 g/mol. The Balaban J connectivity index is 3.29. The number of rotatable bonds is 5. The van der Waals surface area contributed by atoms with Crippen molar-refractivity contribution in [3.05, 3.63) is 23.3 Å². The highest BCUT2D eigenvalue weighted by Crippen LogP contribution is 2.32. The van der Waals surface area contributed by atoms with Crippen LogP contribution in [0.1, 0.15) is 17.0 Å². The van der Waals surface area contributed by atoms with Gasteiger partial charge in [-0.1, -0.05) is 0 Å². The van der Waals surface area contributed by atoms with Crippen molar-refractivity contribution in [1.82, 2.24) is 0 Å². The zero-order valence-electron chi connectivity index (χ0n) is 10.2. The molecule has 0 fully saturated rings. The summed E-state index contributed by atoms with van der Waals surface area (Å²) >= 11 is 0. The fraction of sp³-hybridized carbons (Fsp3) is 0.417. The van der Waals surface area contributed by atoms with Crippen LogP contribution in [0.5, 0.6) is 11.5 Å². The van der Waals surface area contributed by atoms with Gasteiger partial charge in [0, 0.05) is 12.1 Å². The Bertz CT molecular complexity index is 392. The van der Waals surface area contributed by atoms with E-state index < -0.39 is 11.9 Å². The summed E-state index contributed by atoms with van der Waals surface area (Å²) in [5.41, 5.74) is 6.88. The molecule has 0 saturated heterocycles. The molecule has 3 N–H and O–H groups in total. The molecule has 1 rings (SSSR count). The Hall–Kier alpha value is -1.75. The third kappa shape index (κ3) is 2.68. The van der Waals surface area contributed by atoms with Crippen molar-refractivity contribution in [3.63, 3.8) is 0 Å². The van der Waals surface area contributed by atoms with Crippen molar-refractivity contribution in [1.29, 1.82) is 0 Å². The Morgan fingerprint density at radius 1 is 1.35 bits per heavy atom. The topological polar surface area (TPSA) is 81.8 Å². The summed E-state index contributed by atoms with van der Waals surface area (Å²) in [6.07, 6.45) is 0. The van der Waals surface area contributed by atoms with Crippen molar-refractivity contribution in [2.45, 2.75) is 12.8 Å². The molecule has 0 aliphatic carbocycles. The van der Waals surface area contributed by atoms with Gasteiger partial charge in [0.25, 0.3) is 0 Å². The van der Waals surface area contributed by atoms with Crippen LogP contribution in [0, 0.1) is 6.92 Å². The minimum atomic E-state index is -0.958. The lowest BCUT2D eigenvalue weighted by atomic mass is 9.97. The van der Waals surface area contributed by atoms with E-state index in [-0.39, 0.29) is 6.54 Å². The number of hydrogen-bond acceptors (Lipinski definition) is 4. The summed E-state index contributed by atoms with van der Waals surface area (Å²) < 4.78 is 10.4. The average molecular weight is 239 g/mol. The molecule has 0 aliphatic rings. The lowest BCUT2D eigenvalue weighted by Gasteiger charge is -2.16. The number of hydrogen-bond donors (Lipinski definition) is 2. The minimum absolute atomic E-state index is 0.0324. The second-order valence-corrected chi connectivity index (χ2v) is 3.68. The predicted molar refractivity (Wildman–Crippen MR) is 63.7 cm³/mol. The minimum Gasteiger partial charge on any atom is -0.496 e. The summed E-state index contributed by atoms with van der Waals surface area (Å²) in [5, 5.41) is 9.06. The van der Waals surface area contributed by atoms with Gasteiger partial charge in [0.1, 0.15) is 11.5 Å². The molecule has 0 bridgehead atoms. The maximum absolute atomic E-state index is 11.1. The highest BCUT2D eigenvalue weighted by molar-refractivity contribution is 5.77. The van der Waals surface area contributed by atoms with Crippen LogP contribution in [0.3, 0.4) is 0 Å². The van der Waals surface area contributed by atoms with Gasteiger partial charge in [-0.25, -0.2) is 0 Å². The number of benzene rings is 1. The van der Waals surface area contributed by atoms with Crippen molar-refractivity contribution < 1.29 is 19.4 Å². The first-order valence-corrected chi connectivity index (χ1v) is 5.20. The van der Waals surface area contributed by atoms with Crippen LogP contribution in [-0.2, 0) is 4.79 Å². The van der Waals surface area contributed by atoms with E-state index in [1.807, 2.05) is 6.92 Å². The fourth-order valence-corrected chi connectivity index (χ4v) is 1.69. The van der Waals surface area contributed by atoms with Crippen LogP contribution < -0.4 is 15.2 Å². The lowest BCUT2D eigenvalue weighted by molar-refractivity contribution is -0.138. The largest absolute Gasteiger partial charge is 0.496 e. The number of carbonyl (C=O) groups is 1. The number of nitrogens with two attached hydrogens (primary N) is 1. The molecule has 1 unspecified atom stereocenters. The van der Waals surface area contributed by atoms with Gasteiger partial charge in [0.05, 0.1) is 20.1 Å². The number of methoxy groups -OCH3 is 2. The van der Waals surface area contributed by atoms with Crippen molar-refractivity contribution in [2.75, 3.05) is 20.8 Å². The second-order valence-electron chi connectivity index (χ2n) is 3.68. The highest BCUT2D eigenvalue weighted by Gasteiger charge is 2.21. The monoisotopic (exact) mass is 239 g/mol. The third-order valence-electron chi connectivity index (χ3n) is 2.71. The van der Waals surface area contributed by atoms with E-state index in [9.17, 15) is 4.79 Å². The predicted octanol–water partition coefficient (Wildman–Crippen LogP) is 1.14.